The second kappa shape index (κ2) is 4.80. The van der Waals surface area contributed by atoms with Gasteiger partial charge in [0.05, 0.1) is 5.41 Å². The number of carbonyl (C=O) groups excluding carboxylic acids is 1. The third kappa shape index (κ3) is 2.01. The highest BCUT2D eigenvalue weighted by atomic mass is 32.2. The fourth-order valence-corrected chi connectivity index (χ4v) is 7.66. The summed E-state index contributed by atoms with van der Waals surface area (Å²) in [7, 11) is -3.60. The third-order valence-electron chi connectivity index (χ3n) is 5.71. The predicted octanol–water partition coefficient (Wildman–Crippen LogP) is 2.42. The number of fused-ring (bicyclic) bond motifs is 2. The van der Waals surface area contributed by atoms with Gasteiger partial charge >= 0.3 is 0 Å². The highest BCUT2D eigenvalue weighted by Crippen LogP contribution is 2.63. The van der Waals surface area contributed by atoms with E-state index >= 15 is 0 Å². The minimum atomic E-state index is -3.60. The van der Waals surface area contributed by atoms with E-state index in [4.69, 9.17) is 5.73 Å². The van der Waals surface area contributed by atoms with E-state index in [-0.39, 0.29) is 23.8 Å². The Hall–Kier alpha value is -1.44. The summed E-state index contributed by atoms with van der Waals surface area (Å²) in [6.45, 7) is 4.72. The molecule has 0 radical (unpaired) electrons. The number of amides is 1. The Bertz CT molecular complexity index is 915. The molecule has 0 unspecified atom stereocenters. The maximum absolute atomic E-state index is 13.1. The van der Waals surface area contributed by atoms with Crippen molar-refractivity contribution in [2.75, 3.05) is 13.1 Å². The van der Waals surface area contributed by atoms with Crippen LogP contribution in [0.1, 0.15) is 20.3 Å². The zero-order valence-corrected chi connectivity index (χ0v) is 15.3. The number of sulfonamides is 1. The summed E-state index contributed by atoms with van der Waals surface area (Å²) in [4.78, 5) is 12.0. The fraction of sp³-hybridized carbons (Fsp3) is 0.471. The van der Waals surface area contributed by atoms with Gasteiger partial charge in [-0.3, -0.25) is 4.79 Å². The van der Waals surface area contributed by atoms with Gasteiger partial charge in [-0.1, -0.05) is 32.0 Å². The van der Waals surface area contributed by atoms with Gasteiger partial charge in [0.1, 0.15) is 4.21 Å². The van der Waals surface area contributed by atoms with Crippen LogP contribution in [-0.4, -0.2) is 31.7 Å². The molecule has 2 aromatic rings. The summed E-state index contributed by atoms with van der Waals surface area (Å²) in [5.74, 6) is -0.382. The molecule has 5 nitrogen and oxygen atoms in total. The topological polar surface area (TPSA) is 80.5 Å². The lowest BCUT2D eigenvalue weighted by atomic mass is 9.48. The van der Waals surface area contributed by atoms with Crippen LogP contribution in [0.2, 0.25) is 0 Å². The molecule has 1 aliphatic carbocycles. The third-order valence-corrected chi connectivity index (χ3v) is 9.09. The summed E-state index contributed by atoms with van der Waals surface area (Å²) in [6, 6.07) is 9.34. The molecule has 2 heterocycles. The molecule has 2 atom stereocenters. The van der Waals surface area contributed by atoms with Crippen LogP contribution in [0.4, 0.5) is 0 Å². The smallest absolute Gasteiger partial charge is 0.252 e. The van der Waals surface area contributed by atoms with E-state index in [0.717, 1.165) is 10.1 Å². The van der Waals surface area contributed by atoms with Crippen LogP contribution in [0.3, 0.4) is 0 Å². The Kier molecular flexibility index (Phi) is 3.21. The molecule has 1 saturated carbocycles. The van der Waals surface area contributed by atoms with Crippen molar-refractivity contribution in [3.63, 3.8) is 0 Å². The van der Waals surface area contributed by atoms with Crippen molar-refractivity contribution in [1.82, 2.24) is 4.31 Å². The average Bonchev–Trinajstić information content (AvgIpc) is 3.07. The van der Waals surface area contributed by atoms with Crippen molar-refractivity contribution in [1.29, 1.82) is 0 Å². The number of nitrogens with zero attached hydrogens (tertiary/aromatic N) is 1. The van der Waals surface area contributed by atoms with Crippen LogP contribution in [0.5, 0.6) is 0 Å². The molecule has 0 spiro atoms. The van der Waals surface area contributed by atoms with E-state index in [1.54, 1.807) is 6.07 Å². The van der Waals surface area contributed by atoms with E-state index < -0.39 is 15.4 Å². The number of benzene rings is 1. The zero-order valence-electron chi connectivity index (χ0n) is 13.7. The minimum absolute atomic E-state index is 0.00773. The molecule has 0 bridgehead atoms. The van der Waals surface area contributed by atoms with Crippen LogP contribution in [0, 0.1) is 16.7 Å². The Balaban J connectivity index is 1.72. The normalized spacial score (nSPS) is 29.3. The Morgan fingerprint density at radius 3 is 2.62 bits per heavy atom. The van der Waals surface area contributed by atoms with Crippen LogP contribution in [0.15, 0.2) is 34.5 Å². The van der Waals surface area contributed by atoms with Crippen molar-refractivity contribution in [2.24, 2.45) is 22.5 Å². The van der Waals surface area contributed by atoms with E-state index in [9.17, 15) is 13.2 Å². The first-order chi connectivity index (χ1) is 11.2. The molecule has 2 N–H and O–H groups in total. The van der Waals surface area contributed by atoms with Crippen LogP contribution in [-0.2, 0) is 14.8 Å². The number of thiophene rings is 1. The van der Waals surface area contributed by atoms with Crippen molar-refractivity contribution in [3.8, 4) is 0 Å². The molecule has 24 heavy (non-hydrogen) atoms. The maximum Gasteiger partial charge on any atom is 0.252 e. The molecule has 7 heteroatoms. The molecule has 128 valence electrons. The van der Waals surface area contributed by atoms with Gasteiger partial charge in [-0.15, -0.1) is 11.3 Å². The predicted molar refractivity (Wildman–Crippen MR) is 94.1 cm³/mol. The van der Waals surface area contributed by atoms with Gasteiger partial charge in [-0.05, 0) is 35.3 Å². The lowest BCUT2D eigenvalue weighted by molar-refractivity contribution is -0.148. The summed E-state index contributed by atoms with van der Waals surface area (Å²) in [5.41, 5.74) is 4.89. The first-order valence-electron chi connectivity index (χ1n) is 7.95. The largest absolute Gasteiger partial charge is 0.369 e. The summed E-state index contributed by atoms with van der Waals surface area (Å²) in [6.07, 6.45) is 0.651. The van der Waals surface area contributed by atoms with Gasteiger partial charge in [0, 0.05) is 17.8 Å². The number of primary amides is 1. The van der Waals surface area contributed by atoms with Gasteiger partial charge in [0.25, 0.3) is 10.0 Å². The lowest BCUT2D eigenvalue weighted by Gasteiger charge is -2.54. The second-order valence-electron chi connectivity index (χ2n) is 7.64. The Labute approximate surface area is 145 Å². The van der Waals surface area contributed by atoms with Crippen LogP contribution >= 0.6 is 11.3 Å². The van der Waals surface area contributed by atoms with E-state index in [1.165, 1.54) is 15.6 Å². The Morgan fingerprint density at radius 2 is 2.04 bits per heavy atom. The van der Waals surface area contributed by atoms with Crippen LogP contribution < -0.4 is 5.73 Å². The molecule has 4 rings (SSSR count). The standard InChI is InChI=1S/C17H20N2O3S2/c1-16(2)9-17(15(18)20)10-19(8-13(16)17)24(21,22)14-7-11-5-3-4-6-12(11)23-14/h3-7,13H,8-10H2,1-2H3,(H2,18,20)/t13-,17+/m1/s1. The van der Waals surface area contributed by atoms with E-state index in [1.807, 2.05) is 24.3 Å². The molecule has 1 aliphatic heterocycles. The molecular weight excluding hydrogens is 344 g/mol. The van der Waals surface area contributed by atoms with Crippen molar-refractivity contribution < 1.29 is 13.2 Å². The Morgan fingerprint density at radius 1 is 1.33 bits per heavy atom. The van der Waals surface area contributed by atoms with E-state index in [0.29, 0.717) is 17.2 Å². The number of nitrogens with two attached hydrogens (primary N) is 1. The van der Waals surface area contributed by atoms with Crippen molar-refractivity contribution in [3.05, 3.63) is 30.3 Å². The SMILES string of the molecule is CC1(C)C[C@]2(C(N)=O)CN(S(=O)(=O)c3cc4ccccc4s3)C[C@H]12. The minimum Gasteiger partial charge on any atom is -0.369 e. The van der Waals surface area contributed by atoms with Crippen LogP contribution in [0.25, 0.3) is 10.1 Å². The van der Waals surface area contributed by atoms with Crippen molar-refractivity contribution >= 4 is 37.4 Å². The van der Waals surface area contributed by atoms with Crippen molar-refractivity contribution in [2.45, 2.75) is 24.5 Å². The molecule has 1 saturated heterocycles. The maximum atomic E-state index is 13.1. The second-order valence-corrected chi connectivity index (χ2v) is 10.9. The number of carbonyl (C=O) groups is 1. The summed E-state index contributed by atoms with van der Waals surface area (Å²) in [5, 5.41) is 0.924. The van der Waals surface area contributed by atoms with Gasteiger partial charge < -0.3 is 5.73 Å². The van der Waals surface area contributed by atoms with Gasteiger partial charge in [0.2, 0.25) is 5.91 Å². The van der Waals surface area contributed by atoms with Gasteiger partial charge in [0.15, 0.2) is 0 Å². The molecule has 1 aromatic carbocycles. The first-order valence-corrected chi connectivity index (χ1v) is 10.2. The number of hydrogen-bond acceptors (Lipinski definition) is 4. The van der Waals surface area contributed by atoms with E-state index in [2.05, 4.69) is 13.8 Å². The summed E-state index contributed by atoms with van der Waals surface area (Å²) >= 11 is 1.28. The quantitative estimate of drug-likeness (QED) is 0.908. The monoisotopic (exact) mass is 364 g/mol. The molecule has 1 aromatic heterocycles. The molecule has 2 fully saturated rings. The number of hydrogen-bond donors (Lipinski definition) is 1. The first kappa shape index (κ1) is 16.1. The van der Waals surface area contributed by atoms with Gasteiger partial charge in [-0.2, -0.15) is 4.31 Å². The number of rotatable bonds is 3. The fourth-order valence-electron chi connectivity index (χ4n) is 4.58. The molecule has 2 aliphatic rings. The highest BCUT2D eigenvalue weighted by Gasteiger charge is 2.67. The molecule has 1 amide bonds. The zero-order chi connectivity index (χ0) is 17.3. The molecular formula is C17H20N2O3S2. The lowest BCUT2D eigenvalue weighted by Crippen LogP contribution is -2.59. The average molecular weight is 364 g/mol. The summed E-state index contributed by atoms with van der Waals surface area (Å²) < 4.78 is 28.9. The highest BCUT2D eigenvalue weighted by molar-refractivity contribution is 7.91. The van der Waals surface area contributed by atoms with Gasteiger partial charge in [-0.25, -0.2) is 8.42 Å².